The van der Waals surface area contributed by atoms with E-state index in [-0.39, 0.29) is 6.40 Å². The Kier molecular flexibility index (Phi) is 4.28. The summed E-state index contributed by atoms with van der Waals surface area (Å²) < 4.78 is 21.4. The van der Waals surface area contributed by atoms with Gasteiger partial charge < -0.3 is 5.73 Å². The topological polar surface area (TPSA) is 26.0 Å². The predicted octanol–water partition coefficient (Wildman–Crippen LogP) is 1.74. The lowest BCUT2D eigenvalue weighted by Crippen LogP contribution is -1.99. The van der Waals surface area contributed by atoms with Crippen LogP contribution < -0.4 is 5.73 Å². The first-order valence-corrected chi connectivity index (χ1v) is 4.73. The third-order valence-electron chi connectivity index (χ3n) is 0.437. The second-order valence-corrected chi connectivity index (χ2v) is 3.44. The van der Waals surface area contributed by atoms with E-state index in [1.54, 1.807) is 6.92 Å². The van der Waals surface area contributed by atoms with Gasteiger partial charge in [0.15, 0.2) is 0 Å². The van der Waals surface area contributed by atoms with Crippen molar-refractivity contribution < 1.29 is 4.11 Å². The second-order valence-electron chi connectivity index (χ2n) is 1.12. The molecule has 0 aromatic rings. The van der Waals surface area contributed by atoms with E-state index in [1.807, 2.05) is 0 Å². The number of hydrogen-bond donors (Lipinski definition) is 1. The Labute approximate surface area is 63.4 Å². The van der Waals surface area contributed by atoms with Crippen LogP contribution in [0.3, 0.4) is 0 Å². The molecule has 0 fully saturated rings. The monoisotopic (exact) mass is 154 g/mol. The van der Waals surface area contributed by atoms with Crippen LogP contribution in [0.2, 0.25) is 0 Å². The summed E-state index contributed by atoms with van der Waals surface area (Å²) in [5.41, 5.74) is 4.55. The summed E-state index contributed by atoms with van der Waals surface area (Å²) in [6, 6.07) is 0. The Morgan fingerprint density at radius 2 is 2.38 bits per heavy atom. The summed E-state index contributed by atoms with van der Waals surface area (Å²) in [7, 11) is 2.70. The number of nitrogens with two attached hydrogens (primary N) is 1. The maximum absolute atomic E-state index is 7.24. The fourth-order valence-electron chi connectivity index (χ4n) is 0.179. The van der Waals surface area contributed by atoms with Gasteiger partial charge in [0.2, 0.25) is 0 Å². The molecule has 0 saturated heterocycles. The van der Waals surface area contributed by atoms with E-state index in [2.05, 4.69) is 0 Å². The van der Waals surface area contributed by atoms with Crippen LogP contribution in [0.4, 0.5) is 0 Å². The molecule has 3 unspecified atom stereocenters. The van der Waals surface area contributed by atoms with Crippen LogP contribution in [-0.4, -0.2) is 18.0 Å². The van der Waals surface area contributed by atoms with Crippen molar-refractivity contribution in [3.63, 3.8) is 0 Å². The maximum atomic E-state index is 7.24. The van der Waals surface area contributed by atoms with Crippen molar-refractivity contribution in [3.8, 4) is 0 Å². The van der Waals surface area contributed by atoms with Gasteiger partial charge in [-0.1, -0.05) is 28.5 Å². The summed E-state index contributed by atoms with van der Waals surface area (Å²) in [5.74, 6) is 0.687. The van der Waals surface area contributed by atoms with Gasteiger partial charge in [0.05, 0.1) is 0 Å². The Balaban J connectivity index is 3.24. The van der Waals surface area contributed by atoms with Crippen LogP contribution in [0.5, 0.6) is 0 Å². The largest absolute Gasteiger partial charge is 0.330 e. The van der Waals surface area contributed by atoms with Crippen molar-refractivity contribution in [2.24, 2.45) is 5.73 Å². The second kappa shape index (κ2) is 7.66. The molecule has 0 spiro atoms. The van der Waals surface area contributed by atoms with Gasteiger partial charge >= 0.3 is 0 Å². The standard InChI is InChI=1S/C5H13NS2/c1-2-4-7-8-5-3-6/h2-6H2,1H3/i2D,3D,5D. The third kappa shape index (κ3) is 6.66. The zero-order chi connectivity index (χ0) is 8.85. The molecule has 0 amide bonds. The first-order chi connectivity index (χ1) is 5.04. The van der Waals surface area contributed by atoms with Crippen molar-refractivity contribution in [2.45, 2.75) is 13.3 Å². The van der Waals surface area contributed by atoms with Crippen LogP contribution in [0.25, 0.3) is 0 Å². The molecule has 0 radical (unpaired) electrons. The average Bonchev–Trinajstić information content (AvgIpc) is 1.86. The lowest BCUT2D eigenvalue weighted by molar-refractivity contribution is 1.11. The quantitative estimate of drug-likeness (QED) is 0.611. The molecule has 0 rings (SSSR count). The smallest absolute Gasteiger partial charge is 0.0434 e. The zero-order valence-electron chi connectivity index (χ0n) is 7.83. The van der Waals surface area contributed by atoms with Crippen LogP contribution in [0.1, 0.15) is 17.4 Å². The van der Waals surface area contributed by atoms with Crippen molar-refractivity contribution in [2.75, 3.05) is 18.0 Å². The lowest BCUT2D eigenvalue weighted by Gasteiger charge is -1.93. The molecule has 0 aliphatic rings. The first-order valence-electron chi connectivity index (χ1n) is 4.08. The van der Waals surface area contributed by atoms with E-state index in [1.165, 1.54) is 21.6 Å². The summed E-state index contributed by atoms with van der Waals surface area (Å²) in [6.45, 7) is 0.959. The average molecular weight is 154 g/mol. The van der Waals surface area contributed by atoms with Gasteiger partial charge in [-0.2, -0.15) is 0 Å². The van der Waals surface area contributed by atoms with Gasteiger partial charge in [-0.25, -0.2) is 0 Å². The lowest BCUT2D eigenvalue weighted by atomic mass is 10.6. The molecule has 0 heterocycles. The van der Waals surface area contributed by atoms with Gasteiger partial charge in [-0.05, 0) is 6.40 Å². The Morgan fingerprint density at radius 1 is 1.62 bits per heavy atom. The van der Waals surface area contributed by atoms with Crippen LogP contribution >= 0.6 is 21.6 Å². The minimum absolute atomic E-state index is 0.110. The molecule has 0 aliphatic heterocycles. The van der Waals surface area contributed by atoms with E-state index in [4.69, 9.17) is 9.85 Å². The first kappa shape index (κ1) is 4.47. The molecule has 0 aromatic carbocycles. The van der Waals surface area contributed by atoms with E-state index < -0.39 is 12.2 Å². The molecule has 0 aliphatic carbocycles. The molecule has 50 valence electrons. The fourth-order valence-corrected chi connectivity index (χ4v) is 1.61. The Morgan fingerprint density at radius 3 is 2.88 bits per heavy atom. The third-order valence-corrected chi connectivity index (χ3v) is 2.46. The van der Waals surface area contributed by atoms with E-state index in [9.17, 15) is 0 Å². The molecule has 0 bridgehead atoms. The van der Waals surface area contributed by atoms with E-state index in [0.717, 1.165) is 0 Å². The fraction of sp³-hybridized carbons (Fsp3) is 1.00. The summed E-state index contributed by atoms with van der Waals surface area (Å²) >= 11 is 0. The molecular formula is C5H13NS2. The number of hydrogen-bond acceptors (Lipinski definition) is 3. The van der Waals surface area contributed by atoms with Gasteiger partial charge in [0, 0.05) is 22.1 Å². The molecule has 3 atom stereocenters. The van der Waals surface area contributed by atoms with Crippen molar-refractivity contribution in [3.05, 3.63) is 0 Å². The number of rotatable bonds is 5. The highest BCUT2D eigenvalue weighted by atomic mass is 33.1. The molecular weight excluding hydrogens is 138 g/mol. The van der Waals surface area contributed by atoms with Crippen LogP contribution in [-0.2, 0) is 0 Å². The van der Waals surface area contributed by atoms with E-state index >= 15 is 0 Å². The highest BCUT2D eigenvalue weighted by Crippen LogP contribution is 2.20. The molecule has 1 nitrogen and oxygen atoms in total. The SMILES string of the molecule is [2H]C(C)CSSC([2H])C([2H])N. The van der Waals surface area contributed by atoms with Crippen molar-refractivity contribution in [1.29, 1.82) is 0 Å². The van der Waals surface area contributed by atoms with Crippen LogP contribution in [0.15, 0.2) is 0 Å². The summed E-state index contributed by atoms with van der Waals surface area (Å²) in [5, 5.41) is 0. The van der Waals surface area contributed by atoms with Gasteiger partial charge in [-0.15, -0.1) is 0 Å². The predicted molar refractivity (Wildman–Crippen MR) is 44.3 cm³/mol. The normalized spacial score (nSPS) is 27.0. The molecule has 8 heavy (non-hydrogen) atoms. The summed E-state index contributed by atoms with van der Waals surface area (Å²) in [6.07, 6.45) is -0.110. The maximum Gasteiger partial charge on any atom is 0.0434 e. The van der Waals surface area contributed by atoms with Crippen molar-refractivity contribution >= 4 is 21.6 Å². The van der Waals surface area contributed by atoms with Crippen LogP contribution in [0, 0.1) is 0 Å². The Hall–Kier alpha value is 0.660. The molecule has 0 saturated carbocycles. The minimum Gasteiger partial charge on any atom is -0.330 e. The van der Waals surface area contributed by atoms with Gasteiger partial charge in [0.25, 0.3) is 0 Å². The molecule has 0 aromatic heterocycles. The zero-order valence-corrected chi connectivity index (χ0v) is 6.47. The summed E-state index contributed by atoms with van der Waals surface area (Å²) in [4.78, 5) is 0. The molecule has 2 N–H and O–H groups in total. The van der Waals surface area contributed by atoms with E-state index in [0.29, 0.717) is 5.75 Å². The Bertz CT molecular complexity index is 102. The van der Waals surface area contributed by atoms with Gasteiger partial charge in [-0.3, -0.25) is 0 Å². The highest BCUT2D eigenvalue weighted by Gasteiger charge is 1.83. The van der Waals surface area contributed by atoms with Gasteiger partial charge in [0.1, 0.15) is 0 Å². The minimum atomic E-state index is -0.839. The van der Waals surface area contributed by atoms with Crippen molar-refractivity contribution in [1.82, 2.24) is 0 Å². The highest BCUT2D eigenvalue weighted by molar-refractivity contribution is 8.76. The molecule has 3 heteroatoms.